The quantitative estimate of drug-likeness (QED) is 0.0942. The number of carbonyl (C=O) groups excluding carboxylic acids is 3. The van der Waals surface area contributed by atoms with Gasteiger partial charge in [-0.3, -0.25) is 9.53 Å². The lowest BCUT2D eigenvalue weighted by Crippen LogP contribution is -2.50. The fourth-order valence-electron chi connectivity index (χ4n) is 2.98. The summed E-state index contributed by atoms with van der Waals surface area (Å²) in [5.41, 5.74) is -2.42. The first-order valence-corrected chi connectivity index (χ1v) is 11.5. The van der Waals surface area contributed by atoms with Gasteiger partial charge in [0.15, 0.2) is 0 Å². The molecular weight excluding hydrogens is 570 g/mol. The van der Waals surface area contributed by atoms with Gasteiger partial charge in [0, 0.05) is 0 Å². The molecule has 0 bridgehead atoms. The fraction of sp³-hybridized carbons (Fsp3) is 0.773. The Morgan fingerprint density at radius 1 is 0.925 bits per heavy atom. The van der Waals surface area contributed by atoms with Crippen LogP contribution in [0, 0.1) is 10.8 Å². The van der Waals surface area contributed by atoms with Crippen LogP contribution in [0.15, 0.2) is 12.3 Å². The van der Waals surface area contributed by atoms with Crippen LogP contribution in [0.25, 0.3) is 0 Å². The van der Waals surface area contributed by atoms with Gasteiger partial charge in [-0.05, 0) is 20.8 Å². The third-order valence-electron chi connectivity index (χ3n) is 5.67. The van der Waals surface area contributed by atoms with Crippen molar-refractivity contribution < 1.29 is 83.4 Å². The van der Waals surface area contributed by atoms with Gasteiger partial charge >= 0.3 is 36.8 Å². The number of rotatable bonds is 14. The standard InChI is InChI=1S/C22H28F6O12/c1-12(7-33-15(29)19(5)10-36-17(31)37-11-19)38-20(23,24)21(25,26)40-22(27,28)39-13(2)6-32-14(3)18(4)8-34-16(30)35-9-18/h13-14H,1,6-11H2,2-5H3. The van der Waals surface area contributed by atoms with Gasteiger partial charge in [0.25, 0.3) is 0 Å². The van der Waals surface area contributed by atoms with Crippen molar-refractivity contribution in [1.82, 2.24) is 0 Å². The third-order valence-corrected chi connectivity index (χ3v) is 5.67. The molecule has 2 fully saturated rings. The van der Waals surface area contributed by atoms with Gasteiger partial charge in [-0.2, -0.15) is 17.6 Å². The number of hydrogen-bond donors (Lipinski definition) is 0. The molecule has 0 spiro atoms. The molecule has 12 nitrogen and oxygen atoms in total. The van der Waals surface area contributed by atoms with E-state index in [1.54, 1.807) is 6.92 Å². The molecule has 40 heavy (non-hydrogen) atoms. The summed E-state index contributed by atoms with van der Waals surface area (Å²) >= 11 is 0. The smallest absolute Gasteiger partial charge is 0.457 e. The summed E-state index contributed by atoms with van der Waals surface area (Å²) in [6, 6.07) is 0. The van der Waals surface area contributed by atoms with Crippen molar-refractivity contribution in [2.24, 2.45) is 10.8 Å². The normalized spacial score (nSPS) is 20.6. The van der Waals surface area contributed by atoms with Crippen molar-refractivity contribution in [3.8, 4) is 0 Å². The van der Waals surface area contributed by atoms with E-state index in [0.717, 1.165) is 6.92 Å². The highest BCUT2D eigenvalue weighted by Crippen LogP contribution is 2.42. The average molecular weight is 598 g/mol. The number of ether oxygens (including phenoxy) is 9. The molecule has 0 N–H and O–H groups in total. The molecule has 2 aliphatic heterocycles. The van der Waals surface area contributed by atoms with Crippen LogP contribution in [-0.4, -0.2) is 88.6 Å². The minimum atomic E-state index is -5.97. The van der Waals surface area contributed by atoms with Crippen molar-refractivity contribution in [2.45, 2.75) is 58.4 Å². The molecule has 0 aromatic heterocycles. The highest BCUT2D eigenvalue weighted by molar-refractivity contribution is 5.78. The summed E-state index contributed by atoms with van der Waals surface area (Å²) in [6.45, 7) is 5.15. The zero-order valence-electron chi connectivity index (χ0n) is 21.8. The van der Waals surface area contributed by atoms with Crippen molar-refractivity contribution in [2.75, 3.05) is 39.6 Å². The lowest BCUT2D eigenvalue weighted by atomic mass is 9.86. The van der Waals surface area contributed by atoms with Crippen molar-refractivity contribution in [3.05, 3.63) is 12.3 Å². The van der Waals surface area contributed by atoms with Crippen LogP contribution < -0.4 is 0 Å². The van der Waals surface area contributed by atoms with E-state index in [9.17, 15) is 40.7 Å². The summed E-state index contributed by atoms with van der Waals surface area (Å²) in [5.74, 6) is -2.41. The maximum absolute atomic E-state index is 14.0. The second-order valence-electron chi connectivity index (χ2n) is 9.59. The Hall–Kier alpha value is -2.99. The lowest BCUT2D eigenvalue weighted by Gasteiger charge is -2.37. The van der Waals surface area contributed by atoms with Gasteiger partial charge in [-0.1, -0.05) is 13.5 Å². The molecule has 0 aromatic rings. The predicted molar refractivity (Wildman–Crippen MR) is 114 cm³/mol. The third kappa shape index (κ3) is 8.76. The van der Waals surface area contributed by atoms with Crippen LogP contribution in [0.3, 0.4) is 0 Å². The molecule has 2 saturated heterocycles. The molecule has 0 radical (unpaired) electrons. The minimum Gasteiger partial charge on any atom is -0.457 e. The van der Waals surface area contributed by atoms with E-state index in [2.05, 4.69) is 35.0 Å². The highest BCUT2D eigenvalue weighted by atomic mass is 19.3. The molecule has 2 unspecified atom stereocenters. The Balaban J connectivity index is 1.85. The largest absolute Gasteiger partial charge is 0.508 e. The van der Waals surface area contributed by atoms with E-state index >= 15 is 0 Å². The first-order valence-electron chi connectivity index (χ1n) is 11.5. The predicted octanol–water partition coefficient (Wildman–Crippen LogP) is 3.97. The zero-order valence-corrected chi connectivity index (χ0v) is 21.8. The number of hydrogen-bond acceptors (Lipinski definition) is 12. The molecule has 0 aliphatic carbocycles. The molecule has 2 heterocycles. The second-order valence-corrected chi connectivity index (χ2v) is 9.59. The van der Waals surface area contributed by atoms with Crippen LogP contribution in [-0.2, 0) is 47.4 Å². The van der Waals surface area contributed by atoms with E-state index in [-0.39, 0.29) is 13.2 Å². The van der Waals surface area contributed by atoms with Gasteiger partial charge in [0.2, 0.25) is 0 Å². The maximum Gasteiger partial charge on any atom is 0.508 e. The summed E-state index contributed by atoms with van der Waals surface area (Å²) in [6.07, 6.45) is -21.3. The fourth-order valence-corrected chi connectivity index (χ4v) is 2.98. The average Bonchev–Trinajstić information content (AvgIpc) is 2.83. The summed E-state index contributed by atoms with van der Waals surface area (Å²) < 4.78 is 123. The number of carbonyl (C=O) groups is 3. The Bertz CT molecular complexity index is 939. The van der Waals surface area contributed by atoms with Gasteiger partial charge in [-0.15, -0.1) is 8.78 Å². The molecule has 0 aromatic carbocycles. The summed E-state index contributed by atoms with van der Waals surface area (Å²) in [7, 11) is 0. The van der Waals surface area contributed by atoms with Gasteiger partial charge in [0.05, 0.1) is 24.2 Å². The highest BCUT2D eigenvalue weighted by Gasteiger charge is 2.66. The number of alkyl halides is 6. The molecule has 18 heteroatoms. The molecular formula is C22H28F6O12. The molecule has 2 rings (SSSR count). The first kappa shape index (κ1) is 33.2. The molecule has 0 amide bonds. The van der Waals surface area contributed by atoms with Crippen LogP contribution in [0.2, 0.25) is 0 Å². The van der Waals surface area contributed by atoms with Crippen molar-refractivity contribution in [3.63, 3.8) is 0 Å². The van der Waals surface area contributed by atoms with E-state index < -0.39 is 92.0 Å². The van der Waals surface area contributed by atoms with Crippen LogP contribution in [0.5, 0.6) is 0 Å². The van der Waals surface area contributed by atoms with Gasteiger partial charge < -0.3 is 33.2 Å². The monoisotopic (exact) mass is 598 g/mol. The Labute approximate surface area is 223 Å². The Morgan fingerprint density at radius 3 is 1.95 bits per heavy atom. The van der Waals surface area contributed by atoms with Crippen LogP contribution >= 0.6 is 0 Å². The number of halogens is 6. The Morgan fingerprint density at radius 2 is 1.43 bits per heavy atom. The minimum absolute atomic E-state index is 0.115. The SMILES string of the molecule is C=C(COC(=O)C1(C)COC(=O)OC1)OC(F)(F)C(F)(F)OC(F)(F)OC(C)COC(C)C1(C)COC(=O)OC1. The first-order chi connectivity index (χ1) is 18.2. The Kier molecular flexibility index (Phi) is 10.2. The van der Waals surface area contributed by atoms with Crippen LogP contribution in [0.4, 0.5) is 35.9 Å². The van der Waals surface area contributed by atoms with Crippen molar-refractivity contribution >= 4 is 18.3 Å². The topological polar surface area (TPSA) is 134 Å². The van der Waals surface area contributed by atoms with E-state index in [1.807, 2.05) is 0 Å². The van der Waals surface area contributed by atoms with Crippen molar-refractivity contribution in [1.29, 1.82) is 0 Å². The van der Waals surface area contributed by atoms with E-state index in [1.165, 1.54) is 13.8 Å². The second kappa shape index (κ2) is 12.3. The molecule has 2 aliphatic rings. The number of cyclic esters (lactones) is 4. The molecule has 2 atom stereocenters. The molecule has 0 saturated carbocycles. The summed E-state index contributed by atoms with van der Waals surface area (Å²) in [4.78, 5) is 34.0. The van der Waals surface area contributed by atoms with E-state index in [0.29, 0.717) is 0 Å². The van der Waals surface area contributed by atoms with Crippen LogP contribution in [0.1, 0.15) is 27.7 Å². The van der Waals surface area contributed by atoms with E-state index in [4.69, 9.17) is 14.2 Å². The van der Waals surface area contributed by atoms with Gasteiger partial charge in [0.1, 0.15) is 44.2 Å². The molecule has 230 valence electrons. The lowest BCUT2D eigenvalue weighted by molar-refractivity contribution is -0.528. The number of esters is 1. The van der Waals surface area contributed by atoms with Gasteiger partial charge in [-0.25, -0.2) is 14.3 Å². The maximum atomic E-state index is 14.0. The zero-order chi connectivity index (χ0) is 30.6. The summed E-state index contributed by atoms with van der Waals surface area (Å²) in [5, 5.41) is 0.